The normalized spacial score (nSPS) is 11.0. The minimum atomic E-state index is -0.199. The van der Waals surface area contributed by atoms with E-state index in [9.17, 15) is 4.79 Å². The average Bonchev–Trinajstić information content (AvgIpc) is 3.07. The molecule has 1 aromatic carbocycles. The second-order valence-electron chi connectivity index (χ2n) is 5.27. The Bertz CT molecular complexity index is 878. The number of fused-ring (bicyclic) bond motifs is 1. The van der Waals surface area contributed by atoms with Gasteiger partial charge in [0, 0.05) is 18.4 Å². The fourth-order valence-electron chi connectivity index (χ4n) is 2.38. The second kappa shape index (κ2) is 6.97. The minimum absolute atomic E-state index is 0.199. The van der Waals surface area contributed by atoms with E-state index in [1.54, 1.807) is 17.0 Å². The lowest BCUT2D eigenvalue weighted by Crippen LogP contribution is -2.31. The van der Waals surface area contributed by atoms with Crippen LogP contribution in [-0.4, -0.2) is 32.5 Å². The molecule has 124 valence electrons. The highest BCUT2D eigenvalue weighted by Gasteiger charge is 2.19. The van der Waals surface area contributed by atoms with Crippen molar-refractivity contribution in [2.24, 2.45) is 0 Å². The average molecular weight is 345 g/mol. The highest BCUT2D eigenvalue weighted by molar-refractivity contribution is 6.35. The number of aromatic nitrogens is 3. The van der Waals surface area contributed by atoms with E-state index in [4.69, 9.17) is 16.0 Å². The maximum atomic E-state index is 12.7. The van der Waals surface area contributed by atoms with Crippen LogP contribution in [-0.2, 0) is 13.0 Å². The number of carbonyl (C=O) groups excluding carboxylic acids is 1. The lowest BCUT2D eigenvalue weighted by Gasteiger charge is -2.18. The molecule has 7 heteroatoms. The zero-order chi connectivity index (χ0) is 17.1. The van der Waals surface area contributed by atoms with E-state index >= 15 is 0 Å². The number of nitrogens with zero attached hydrogens (tertiary/aromatic N) is 4. The first-order valence-corrected chi connectivity index (χ1v) is 8.16. The van der Waals surface area contributed by atoms with Crippen LogP contribution in [0.3, 0.4) is 0 Å². The van der Waals surface area contributed by atoms with E-state index in [1.165, 1.54) is 0 Å². The molecule has 0 radical (unpaired) electrons. The van der Waals surface area contributed by atoms with Crippen molar-refractivity contribution < 1.29 is 9.21 Å². The van der Waals surface area contributed by atoms with E-state index in [-0.39, 0.29) is 12.5 Å². The second-order valence-corrected chi connectivity index (χ2v) is 5.68. The number of carbonyl (C=O) groups is 1. The summed E-state index contributed by atoms with van der Waals surface area (Å²) in [5.74, 6) is 0.778. The van der Waals surface area contributed by atoms with Crippen molar-refractivity contribution in [3.63, 3.8) is 0 Å². The molecule has 0 saturated carbocycles. The van der Waals surface area contributed by atoms with Gasteiger partial charge in [-0.05, 0) is 19.1 Å². The molecule has 0 N–H and O–H groups in total. The molecule has 3 rings (SSSR count). The van der Waals surface area contributed by atoms with Crippen LogP contribution in [0.4, 0.5) is 0 Å². The van der Waals surface area contributed by atoms with Crippen molar-refractivity contribution in [1.82, 2.24) is 20.1 Å². The van der Waals surface area contributed by atoms with Crippen molar-refractivity contribution in [3.8, 4) is 0 Å². The number of hydrogen-bond donors (Lipinski definition) is 0. The molecule has 0 fully saturated rings. The molecule has 0 saturated heterocycles. The van der Waals surface area contributed by atoms with Crippen LogP contribution in [0.1, 0.15) is 36.1 Å². The lowest BCUT2D eigenvalue weighted by atomic mass is 10.2. The van der Waals surface area contributed by atoms with Gasteiger partial charge in [-0.1, -0.05) is 36.7 Å². The van der Waals surface area contributed by atoms with E-state index in [1.807, 2.05) is 32.0 Å². The molecule has 0 aliphatic rings. The predicted molar refractivity (Wildman–Crippen MR) is 90.8 cm³/mol. The first kappa shape index (κ1) is 16.4. The first-order chi connectivity index (χ1) is 11.6. The topological polar surface area (TPSA) is 72.1 Å². The van der Waals surface area contributed by atoms with Gasteiger partial charge in [0.05, 0.1) is 17.1 Å². The molecule has 0 unspecified atom stereocenters. The van der Waals surface area contributed by atoms with Gasteiger partial charge < -0.3 is 9.32 Å². The first-order valence-electron chi connectivity index (χ1n) is 7.78. The summed E-state index contributed by atoms with van der Waals surface area (Å²) in [7, 11) is 0. The minimum Gasteiger partial charge on any atom is -0.423 e. The standard InChI is InChI=1S/C17H17ClN4O2/c1-3-14-20-21-15(24-14)10-22(4-2)17(23)13-9-8-11-6-5-7-12(18)16(11)19-13/h5-9H,3-4,10H2,1-2H3. The van der Waals surface area contributed by atoms with Crippen LogP contribution < -0.4 is 0 Å². The third-order valence-corrected chi connectivity index (χ3v) is 4.00. The number of para-hydroxylation sites is 1. The molecule has 2 aromatic heterocycles. The maximum absolute atomic E-state index is 12.7. The molecule has 24 heavy (non-hydrogen) atoms. The van der Waals surface area contributed by atoms with E-state index < -0.39 is 0 Å². The summed E-state index contributed by atoms with van der Waals surface area (Å²) in [6.45, 7) is 4.58. The monoisotopic (exact) mass is 344 g/mol. The van der Waals surface area contributed by atoms with Crippen LogP contribution in [0.25, 0.3) is 10.9 Å². The van der Waals surface area contributed by atoms with Crippen molar-refractivity contribution in [1.29, 1.82) is 0 Å². The summed E-state index contributed by atoms with van der Waals surface area (Å²) in [5, 5.41) is 9.30. The van der Waals surface area contributed by atoms with E-state index in [0.29, 0.717) is 41.0 Å². The van der Waals surface area contributed by atoms with Crippen molar-refractivity contribution in [2.75, 3.05) is 6.54 Å². The fraction of sp³-hybridized carbons (Fsp3) is 0.294. The largest absolute Gasteiger partial charge is 0.423 e. The van der Waals surface area contributed by atoms with Gasteiger partial charge in [0.25, 0.3) is 5.91 Å². The Morgan fingerprint density at radius 3 is 2.67 bits per heavy atom. The van der Waals surface area contributed by atoms with Gasteiger partial charge in [0.2, 0.25) is 11.8 Å². The number of halogens is 1. The zero-order valence-electron chi connectivity index (χ0n) is 13.5. The Morgan fingerprint density at radius 1 is 1.17 bits per heavy atom. The van der Waals surface area contributed by atoms with Gasteiger partial charge in [-0.3, -0.25) is 4.79 Å². The van der Waals surface area contributed by atoms with Gasteiger partial charge in [-0.25, -0.2) is 4.98 Å². The highest BCUT2D eigenvalue weighted by Crippen LogP contribution is 2.22. The molecule has 3 aromatic rings. The Labute approximate surface area is 144 Å². The summed E-state index contributed by atoms with van der Waals surface area (Å²) < 4.78 is 5.48. The van der Waals surface area contributed by atoms with Crippen molar-refractivity contribution in [3.05, 3.63) is 52.8 Å². The number of benzene rings is 1. The van der Waals surface area contributed by atoms with E-state index in [2.05, 4.69) is 15.2 Å². The molecule has 0 spiro atoms. The van der Waals surface area contributed by atoms with Gasteiger partial charge in [0.15, 0.2) is 0 Å². The lowest BCUT2D eigenvalue weighted by molar-refractivity contribution is 0.0732. The Hall–Kier alpha value is -2.47. The van der Waals surface area contributed by atoms with Crippen LogP contribution in [0, 0.1) is 0 Å². The molecule has 0 atom stereocenters. The Balaban J connectivity index is 1.86. The summed E-state index contributed by atoms with van der Waals surface area (Å²) in [5.41, 5.74) is 0.958. The molecule has 2 heterocycles. The zero-order valence-corrected chi connectivity index (χ0v) is 14.2. The number of pyridine rings is 1. The molecule has 1 amide bonds. The summed E-state index contributed by atoms with van der Waals surface area (Å²) in [4.78, 5) is 18.8. The maximum Gasteiger partial charge on any atom is 0.272 e. The third-order valence-electron chi connectivity index (χ3n) is 3.70. The molecule has 6 nitrogen and oxygen atoms in total. The van der Waals surface area contributed by atoms with Gasteiger partial charge in [-0.15, -0.1) is 10.2 Å². The molecular weight excluding hydrogens is 328 g/mol. The molecule has 0 aliphatic carbocycles. The fourth-order valence-corrected chi connectivity index (χ4v) is 2.60. The number of rotatable bonds is 5. The highest BCUT2D eigenvalue weighted by atomic mass is 35.5. The van der Waals surface area contributed by atoms with Crippen LogP contribution in [0.15, 0.2) is 34.7 Å². The van der Waals surface area contributed by atoms with Crippen LogP contribution >= 0.6 is 11.6 Å². The predicted octanol–water partition coefficient (Wildman–Crippen LogP) is 3.50. The van der Waals surface area contributed by atoms with Gasteiger partial charge in [0.1, 0.15) is 5.69 Å². The van der Waals surface area contributed by atoms with Crippen molar-refractivity contribution >= 4 is 28.4 Å². The molecule has 0 aliphatic heterocycles. The quantitative estimate of drug-likeness (QED) is 0.708. The summed E-state index contributed by atoms with van der Waals surface area (Å²) >= 11 is 6.17. The smallest absolute Gasteiger partial charge is 0.272 e. The van der Waals surface area contributed by atoms with Crippen molar-refractivity contribution in [2.45, 2.75) is 26.8 Å². The Morgan fingerprint density at radius 2 is 1.96 bits per heavy atom. The van der Waals surface area contributed by atoms with Gasteiger partial charge in [-0.2, -0.15) is 0 Å². The summed E-state index contributed by atoms with van der Waals surface area (Å²) in [6, 6.07) is 9.07. The number of amides is 1. The van der Waals surface area contributed by atoms with Crippen LogP contribution in [0.2, 0.25) is 5.02 Å². The number of aryl methyl sites for hydroxylation is 1. The molecule has 0 bridgehead atoms. The van der Waals surface area contributed by atoms with E-state index in [0.717, 1.165) is 5.39 Å². The third kappa shape index (κ3) is 3.23. The SMILES string of the molecule is CCc1nnc(CN(CC)C(=O)c2ccc3cccc(Cl)c3n2)o1. The van der Waals surface area contributed by atoms with Crippen LogP contribution in [0.5, 0.6) is 0 Å². The summed E-state index contributed by atoms with van der Waals surface area (Å²) in [6.07, 6.45) is 0.664. The Kier molecular flexibility index (Phi) is 4.76. The van der Waals surface area contributed by atoms with Gasteiger partial charge >= 0.3 is 0 Å². The number of hydrogen-bond acceptors (Lipinski definition) is 5. The molecular formula is C17H17ClN4O2.